The summed E-state index contributed by atoms with van der Waals surface area (Å²) in [5.41, 5.74) is 3.53. The lowest BCUT2D eigenvalue weighted by molar-refractivity contribution is -0.138. The molecule has 0 aliphatic rings. The SMILES string of the molecule is CC(C)CCNc1ncnc2ccc(-c3ccc(NC(=O)CCC(=O)O)cc3)cc12. The fraction of sp³-hybridized carbons (Fsp3) is 0.304. The van der Waals surface area contributed by atoms with Gasteiger partial charge in [-0.05, 0) is 47.7 Å². The molecule has 0 aliphatic heterocycles. The van der Waals surface area contributed by atoms with Crippen molar-refractivity contribution >= 4 is 34.3 Å². The Morgan fingerprint density at radius 1 is 1.00 bits per heavy atom. The van der Waals surface area contributed by atoms with Crippen LogP contribution in [-0.4, -0.2) is 33.5 Å². The largest absolute Gasteiger partial charge is 0.481 e. The molecule has 3 aromatic rings. The van der Waals surface area contributed by atoms with E-state index in [1.54, 1.807) is 6.33 Å². The number of carboxylic acids is 1. The van der Waals surface area contributed by atoms with Gasteiger partial charge in [0.05, 0.1) is 11.9 Å². The molecule has 7 heteroatoms. The molecule has 0 unspecified atom stereocenters. The molecule has 1 amide bonds. The monoisotopic (exact) mass is 406 g/mol. The van der Waals surface area contributed by atoms with E-state index in [0.717, 1.165) is 40.8 Å². The summed E-state index contributed by atoms with van der Waals surface area (Å²) < 4.78 is 0. The summed E-state index contributed by atoms with van der Waals surface area (Å²) in [5.74, 6) is 0.137. The molecule has 0 spiro atoms. The Morgan fingerprint density at radius 2 is 1.73 bits per heavy atom. The molecular formula is C23H26N4O3. The van der Waals surface area contributed by atoms with Crippen LogP contribution in [0.2, 0.25) is 0 Å². The average molecular weight is 406 g/mol. The predicted octanol–water partition coefficient (Wildman–Crippen LogP) is 4.56. The topological polar surface area (TPSA) is 104 Å². The first-order chi connectivity index (χ1) is 14.4. The predicted molar refractivity (Wildman–Crippen MR) is 118 cm³/mol. The van der Waals surface area contributed by atoms with Crippen LogP contribution < -0.4 is 10.6 Å². The van der Waals surface area contributed by atoms with Gasteiger partial charge in [0.25, 0.3) is 0 Å². The van der Waals surface area contributed by atoms with Crippen LogP contribution in [0.25, 0.3) is 22.0 Å². The molecule has 3 N–H and O–H groups in total. The van der Waals surface area contributed by atoms with E-state index in [2.05, 4.69) is 40.5 Å². The van der Waals surface area contributed by atoms with Gasteiger partial charge < -0.3 is 15.7 Å². The van der Waals surface area contributed by atoms with Crippen molar-refractivity contribution in [3.05, 3.63) is 48.8 Å². The number of nitrogens with one attached hydrogen (secondary N) is 2. The van der Waals surface area contributed by atoms with Gasteiger partial charge in [-0.25, -0.2) is 9.97 Å². The van der Waals surface area contributed by atoms with Gasteiger partial charge in [-0.3, -0.25) is 9.59 Å². The summed E-state index contributed by atoms with van der Waals surface area (Å²) in [6.45, 7) is 5.23. The summed E-state index contributed by atoms with van der Waals surface area (Å²) in [5, 5.41) is 15.7. The van der Waals surface area contributed by atoms with E-state index in [4.69, 9.17) is 5.11 Å². The highest BCUT2D eigenvalue weighted by atomic mass is 16.4. The number of fused-ring (bicyclic) bond motifs is 1. The van der Waals surface area contributed by atoms with Crippen LogP contribution >= 0.6 is 0 Å². The van der Waals surface area contributed by atoms with E-state index >= 15 is 0 Å². The maximum atomic E-state index is 11.8. The number of carbonyl (C=O) groups excluding carboxylic acids is 1. The highest BCUT2D eigenvalue weighted by Gasteiger charge is 2.08. The first-order valence-corrected chi connectivity index (χ1v) is 10.0. The van der Waals surface area contributed by atoms with Gasteiger partial charge in [0, 0.05) is 24.0 Å². The zero-order chi connectivity index (χ0) is 21.5. The first-order valence-electron chi connectivity index (χ1n) is 10.0. The highest BCUT2D eigenvalue weighted by molar-refractivity contribution is 5.94. The lowest BCUT2D eigenvalue weighted by Gasteiger charge is -2.11. The van der Waals surface area contributed by atoms with Crippen LogP contribution in [0.4, 0.5) is 11.5 Å². The van der Waals surface area contributed by atoms with Gasteiger partial charge in [0.15, 0.2) is 0 Å². The molecular weight excluding hydrogens is 380 g/mol. The van der Waals surface area contributed by atoms with Crippen LogP contribution in [0.3, 0.4) is 0 Å². The molecule has 0 radical (unpaired) electrons. The van der Waals surface area contributed by atoms with Crippen LogP contribution in [-0.2, 0) is 9.59 Å². The third-order valence-corrected chi connectivity index (χ3v) is 4.72. The Kier molecular flexibility index (Phi) is 6.95. The van der Waals surface area contributed by atoms with E-state index in [9.17, 15) is 9.59 Å². The number of amides is 1. The van der Waals surface area contributed by atoms with Crippen LogP contribution in [0, 0.1) is 5.92 Å². The lowest BCUT2D eigenvalue weighted by Crippen LogP contribution is -2.13. The molecule has 1 heterocycles. The molecule has 0 aliphatic carbocycles. The Bertz CT molecular complexity index is 1030. The van der Waals surface area contributed by atoms with E-state index in [0.29, 0.717) is 11.6 Å². The van der Waals surface area contributed by atoms with Gasteiger partial charge in [-0.15, -0.1) is 0 Å². The van der Waals surface area contributed by atoms with Crippen LogP contribution in [0.15, 0.2) is 48.8 Å². The van der Waals surface area contributed by atoms with Gasteiger partial charge in [-0.1, -0.05) is 32.0 Å². The molecule has 1 aromatic heterocycles. The van der Waals surface area contributed by atoms with Crippen molar-refractivity contribution in [3.8, 4) is 11.1 Å². The maximum absolute atomic E-state index is 11.8. The summed E-state index contributed by atoms with van der Waals surface area (Å²) >= 11 is 0. The summed E-state index contributed by atoms with van der Waals surface area (Å²) in [4.78, 5) is 31.1. The van der Waals surface area contributed by atoms with E-state index < -0.39 is 5.97 Å². The summed E-state index contributed by atoms with van der Waals surface area (Å²) in [6.07, 6.45) is 2.40. The second-order valence-corrected chi connectivity index (χ2v) is 7.58. The second kappa shape index (κ2) is 9.82. The molecule has 0 saturated heterocycles. The van der Waals surface area contributed by atoms with Gasteiger partial charge >= 0.3 is 5.97 Å². The second-order valence-electron chi connectivity index (χ2n) is 7.58. The molecule has 0 fully saturated rings. The van der Waals surface area contributed by atoms with E-state index in [-0.39, 0.29) is 18.7 Å². The number of benzene rings is 2. The number of carbonyl (C=O) groups is 2. The van der Waals surface area contributed by atoms with E-state index in [1.807, 2.05) is 36.4 Å². The van der Waals surface area contributed by atoms with Crippen molar-refractivity contribution in [2.75, 3.05) is 17.2 Å². The third-order valence-electron chi connectivity index (χ3n) is 4.72. The fourth-order valence-corrected chi connectivity index (χ4v) is 3.05. The highest BCUT2D eigenvalue weighted by Crippen LogP contribution is 2.28. The maximum Gasteiger partial charge on any atom is 0.303 e. The zero-order valence-electron chi connectivity index (χ0n) is 17.2. The Labute approximate surface area is 175 Å². The van der Waals surface area contributed by atoms with Crippen LogP contribution in [0.5, 0.6) is 0 Å². The lowest BCUT2D eigenvalue weighted by atomic mass is 10.0. The van der Waals surface area contributed by atoms with Crippen molar-refractivity contribution in [1.82, 2.24) is 9.97 Å². The number of anilines is 2. The van der Waals surface area contributed by atoms with Crippen molar-refractivity contribution < 1.29 is 14.7 Å². The molecule has 0 bridgehead atoms. The van der Waals surface area contributed by atoms with E-state index in [1.165, 1.54) is 0 Å². The van der Waals surface area contributed by atoms with Gasteiger partial charge in [0.2, 0.25) is 5.91 Å². The average Bonchev–Trinajstić information content (AvgIpc) is 2.72. The minimum atomic E-state index is -0.987. The molecule has 0 atom stereocenters. The summed E-state index contributed by atoms with van der Waals surface area (Å²) in [6, 6.07) is 13.5. The minimum absolute atomic E-state index is 0.0473. The number of carboxylic acid groups (broad SMARTS) is 1. The number of aliphatic carboxylic acids is 1. The normalized spacial score (nSPS) is 10.9. The Balaban J connectivity index is 1.76. The number of nitrogens with zero attached hydrogens (tertiary/aromatic N) is 2. The fourth-order valence-electron chi connectivity index (χ4n) is 3.05. The molecule has 7 nitrogen and oxygen atoms in total. The molecule has 0 saturated carbocycles. The molecule has 3 rings (SSSR count). The third kappa shape index (κ3) is 5.76. The number of hydrogen-bond donors (Lipinski definition) is 3. The smallest absolute Gasteiger partial charge is 0.303 e. The summed E-state index contributed by atoms with van der Waals surface area (Å²) in [7, 11) is 0. The zero-order valence-corrected chi connectivity index (χ0v) is 17.2. The van der Waals surface area contributed by atoms with Crippen molar-refractivity contribution in [3.63, 3.8) is 0 Å². The van der Waals surface area contributed by atoms with Gasteiger partial charge in [-0.2, -0.15) is 0 Å². The Morgan fingerprint density at radius 3 is 2.43 bits per heavy atom. The molecule has 2 aromatic carbocycles. The minimum Gasteiger partial charge on any atom is -0.481 e. The van der Waals surface area contributed by atoms with Crippen molar-refractivity contribution in [2.24, 2.45) is 5.92 Å². The molecule has 156 valence electrons. The van der Waals surface area contributed by atoms with Crippen molar-refractivity contribution in [2.45, 2.75) is 33.1 Å². The number of rotatable bonds is 9. The molecule has 30 heavy (non-hydrogen) atoms. The van der Waals surface area contributed by atoms with Gasteiger partial charge in [0.1, 0.15) is 12.1 Å². The van der Waals surface area contributed by atoms with Crippen molar-refractivity contribution in [1.29, 1.82) is 0 Å². The number of aromatic nitrogens is 2. The van der Waals surface area contributed by atoms with Crippen LogP contribution in [0.1, 0.15) is 33.1 Å². The quantitative estimate of drug-likeness (QED) is 0.481. The number of hydrogen-bond acceptors (Lipinski definition) is 5. The first kappa shape index (κ1) is 21.2. The Hall–Kier alpha value is -3.48. The standard InChI is InChI=1S/C23H26N4O3/c1-15(2)11-12-24-23-19-13-17(5-8-20(19)25-14-26-23)16-3-6-18(7-4-16)27-21(28)9-10-22(29)30/h3-8,13-15H,9-12H2,1-2H3,(H,27,28)(H,29,30)(H,24,25,26).